The average Bonchev–Trinajstić information content (AvgIpc) is 2.49. The lowest BCUT2D eigenvalue weighted by atomic mass is 9.93. The number of benzene rings is 1. The van der Waals surface area contributed by atoms with Gasteiger partial charge in [-0.25, -0.2) is 0 Å². The van der Waals surface area contributed by atoms with Gasteiger partial charge in [0.15, 0.2) is 0 Å². The number of piperidine rings is 1. The monoisotopic (exact) mass is 324 g/mol. The lowest BCUT2D eigenvalue weighted by Crippen LogP contribution is -2.30. The molecule has 1 aliphatic heterocycles. The van der Waals surface area contributed by atoms with Gasteiger partial charge in [-0.3, -0.25) is 4.79 Å². The molecule has 0 radical (unpaired) electrons. The van der Waals surface area contributed by atoms with Gasteiger partial charge in [-0.05, 0) is 75.2 Å². The molecule has 0 aromatic heterocycles. The van der Waals surface area contributed by atoms with E-state index in [1.807, 2.05) is 0 Å². The van der Waals surface area contributed by atoms with Crippen LogP contribution in [0.2, 0.25) is 0 Å². The highest BCUT2D eigenvalue weighted by Crippen LogP contribution is 2.17. The molecule has 22 heavy (non-hydrogen) atoms. The van der Waals surface area contributed by atoms with Gasteiger partial charge in [0.1, 0.15) is 0 Å². The van der Waals surface area contributed by atoms with E-state index in [0.717, 1.165) is 38.4 Å². The van der Waals surface area contributed by atoms with Gasteiger partial charge in [-0.15, -0.1) is 12.4 Å². The number of hydrogen-bond acceptors (Lipinski definition) is 2. The van der Waals surface area contributed by atoms with Crippen molar-refractivity contribution in [2.45, 2.75) is 46.0 Å². The summed E-state index contributed by atoms with van der Waals surface area (Å²) in [6.45, 7) is 7.25. The maximum Gasteiger partial charge on any atom is 0.220 e. The van der Waals surface area contributed by atoms with E-state index in [4.69, 9.17) is 0 Å². The van der Waals surface area contributed by atoms with E-state index in [9.17, 15) is 4.79 Å². The second-order valence-corrected chi connectivity index (χ2v) is 6.20. The fraction of sp³-hybridized carbons (Fsp3) is 0.611. The fourth-order valence-electron chi connectivity index (χ4n) is 3.16. The molecular weight excluding hydrogens is 296 g/mol. The summed E-state index contributed by atoms with van der Waals surface area (Å²) in [5.41, 5.74) is 4.01. The number of rotatable bonds is 6. The average molecular weight is 325 g/mol. The number of carbonyl (C=O) groups is 1. The third-order valence-electron chi connectivity index (χ3n) is 4.58. The molecule has 1 saturated heterocycles. The Morgan fingerprint density at radius 1 is 1.23 bits per heavy atom. The van der Waals surface area contributed by atoms with Crippen molar-refractivity contribution in [1.82, 2.24) is 10.6 Å². The Hall–Kier alpha value is -1.06. The maximum absolute atomic E-state index is 11.9. The molecule has 0 unspecified atom stereocenters. The molecule has 1 amide bonds. The van der Waals surface area contributed by atoms with Gasteiger partial charge < -0.3 is 10.6 Å². The van der Waals surface area contributed by atoms with Gasteiger partial charge in [-0.1, -0.05) is 18.2 Å². The largest absolute Gasteiger partial charge is 0.356 e. The van der Waals surface area contributed by atoms with Crippen LogP contribution in [0.15, 0.2) is 18.2 Å². The van der Waals surface area contributed by atoms with Crippen molar-refractivity contribution in [3.63, 3.8) is 0 Å². The third kappa shape index (κ3) is 5.98. The van der Waals surface area contributed by atoms with Crippen LogP contribution in [0.4, 0.5) is 0 Å². The molecule has 1 aromatic rings. The van der Waals surface area contributed by atoms with Crippen LogP contribution in [-0.4, -0.2) is 25.5 Å². The molecule has 0 aliphatic carbocycles. The molecule has 2 N–H and O–H groups in total. The van der Waals surface area contributed by atoms with Crippen molar-refractivity contribution < 1.29 is 4.79 Å². The Morgan fingerprint density at radius 2 is 1.86 bits per heavy atom. The van der Waals surface area contributed by atoms with E-state index in [1.54, 1.807) is 0 Å². The molecule has 1 aliphatic rings. The highest BCUT2D eigenvalue weighted by Gasteiger charge is 2.14. The molecule has 124 valence electrons. The minimum atomic E-state index is 0. The van der Waals surface area contributed by atoms with Gasteiger partial charge in [0.05, 0.1) is 0 Å². The highest BCUT2D eigenvalue weighted by molar-refractivity contribution is 5.85. The van der Waals surface area contributed by atoms with Gasteiger partial charge in [0.25, 0.3) is 0 Å². The number of amides is 1. The summed E-state index contributed by atoms with van der Waals surface area (Å²) in [7, 11) is 0. The second-order valence-electron chi connectivity index (χ2n) is 6.20. The standard InChI is InChI=1S/C18H28N2O.ClH/c1-14-4-3-5-15(2)17(14)10-13-20-18(21)7-6-16-8-11-19-12-9-16;/h3-5,16,19H,6-13H2,1-2H3,(H,20,21);1H. The summed E-state index contributed by atoms with van der Waals surface area (Å²) in [6, 6.07) is 6.37. The lowest BCUT2D eigenvalue weighted by molar-refractivity contribution is -0.121. The zero-order valence-electron chi connectivity index (χ0n) is 13.8. The second kappa shape index (κ2) is 9.86. The third-order valence-corrected chi connectivity index (χ3v) is 4.58. The minimum absolute atomic E-state index is 0. The predicted octanol–water partition coefficient (Wildman–Crippen LogP) is 3.16. The summed E-state index contributed by atoms with van der Waals surface area (Å²) >= 11 is 0. The number of aryl methyl sites for hydroxylation is 2. The van der Waals surface area contributed by atoms with E-state index >= 15 is 0 Å². The van der Waals surface area contributed by atoms with Crippen LogP contribution >= 0.6 is 12.4 Å². The van der Waals surface area contributed by atoms with Crippen molar-refractivity contribution in [2.75, 3.05) is 19.6 Å². The molecule has 3 nitrogen and oxygen atoms in total. The van der Waals surface area contributed by atoms with Crippen molar-refractivity contribution in [3.05, 3.63) is 34.9 Å². The first-order chi connectivity index (χ1) is 10.2. The first-order valence-corrected chi connectivity index (χ1v) is 8.19. The smallest absolute Gasteiger partial charge is 0.220 e. The summed E-state index contributed by atoms with van der Waals surface area (Å²) in [6.07, 6.45) is 5.08. The van der Waals surface area contributed by atoms with Crippen LogP contribution in [0, 0.1) is 19.8 Å². The normalized spacial score (nSPS) is 15.2. The Kier molecular flexibility index (Phi) is 8.51. The van der Waals surface area contributed by atoms with Crippen LogP contribution < -0.4 is 10.6 Å². The minimum Gasteiger partial charge on any atom is -0.356 e. The molecule has 1 fully saturated rings. The first kappa shape index (κ1) is 19.0. The molecule has 2 rings (SSSR count). The molecule has 0 saturated carbocycles. The predicted molar refractivity (Wildman–Crippen MR) is 94.7 cm³/mol. The van der Waals surface area contributed by atoms with Crippen molar-refractivity contribution in [2.24, 2.45) is 5.92 Å². The molecule has 4 heteroatoms. The Balaban J connectivity index is 0.00000242. The molecule has 0 bridgehead atoms. The molecule has 1 heterocycles. The number of hydrogen-bond donors (Lipinski definition) is 2. The van der Waals surface area contributed by atoms with Crippen LogP contribution in [0.5, 0.6) is 0 Å². The van der Waals surface area contributed by atoms with Crippen LogP contribution in [0.25, 0.3) is 0 Å². The van der Waals surface area contributed by atoms with E-state index in [-0.39, 0.29) is 18.3 Å². The van der Waals surface area contributed by atoms with Gasteiger partial charge in [-0.2, -0.15) is 0 Å². The summed E-state index contributed by atoms with van der Waals surface area (Å²) < 4.78 is 0. The van der Waals surface area contributed by atoms with E-state index in [2.05, 4.69) is 42.7 Å². The fourth-order valence-corrected chi connectivity index (χ4v) is 3.16. The van der Waals surface area contributed by atoms with Crippen LogP contribution in [0.3, 0.4) is 0 Å². The van der Waals surface area contributed by atoms with Crippen LogP contribution in [-0.2, 0) is 11.2 Å². The number of carbonyl (C=O) groups excluding carboxylic acids is 1. The van der Waals surface area contributed by atoms with E-state index in [0.29, 0.717) is 6.42 Å². The summed E-state index contributed by atoms with van der Waals surface area (Å²) in [5, 5.41) is 6.44. The van der Waals surface area contributed by atoms with Crippen molar-refractivity contribution in [1.29, 1.82) is 0 Å². The summed E-state index contributed by atoms with van der Waals surface area (Å²) in [4.78, 5) is 11.9. The van der Waals surface area contributed by atoms with E-state index < -0.39 is 0 Å². The molecule has 0 spiro atoms. The van der Waals surface area contributed by atoms with Crippen LogP contribution in [0.1, 0.15) is 42.4 Å². The number of nitrogens with one attached hydrogen (secondary N) is 2. The molecule has 1 aromatic carbocycles. The summed E-state index contributed by atoms with van der Waals surface area (Å²) in [5.74, 6) is 0.940. The SMILES string of the molecule is Cc1cccc(C)c1CCNC(=O)CCC1CCNCC1.Cl. The van der Waals surface area contributed by atoms with E-state index in [1.165, 1.54) is 29.5 Å². The maximum atomic E-state index is 11.9. The Bertz CT molecular complexity index is 450. The van der Waals surface area contributed by atoms with Gasteiger partial charge >= 0.3 is 0 Å². The number of halogens is 1. The first-order valence-electron chi connectivity index (χ1n) is 8.19. The molecule has 0 atom stereocenters. The van der Waals surface area contributed by atoms with Gasteiger partial charge in [0.2, 0.25) is 5.91 Å². The quantitative estimate of drug-likeness (QED) is 0.844. The lowest BCUT2D eigenvalue weighted by Gasteiger charge is -2.22. The topological polar surface area (TPSA) is 41.1 Å². The Labute approximate surface area is 140 Å². The zero-order valence-corrected chi connectivity index (χ0v) is 14.6. The van der Waals surface area contributed by atoms with Crippen molar-refractivity contribution in [3.8, 4) is 0 Å². The molecular formula is C18H29ClN2O. The van der Waals surface area contributed by atoms with Crippen molar-refractivity contribution >= 4 is 18.3 Å². The van der Waals surface area contributed by atoms with Gasteiger partial charge in [0, 0.05) is 13.0 Å². The Morgan fingerprint density at radius 3 is 2.50 bits per heavy atom. The zero-order chi connectivity index (χ0) is 15.1. The highest BCUT2D eigenvalue weighted by atomic mass is 35.5.